The molecule has 6 heteroatoms. The van der Waals surface area contributed by atoms with E-state index in [0.29, 0.717) is 6.61 Å². The Balaban J connectivity index is 2.14. The summed E-state index contributed by atoms with van der Waals surface area (Å²) in [4.78, 5) is 0. The van der Waals surface area contributed by atoms with Gasteiger partial charge in [-0.2, -0.15) is 0 Å². The van der Waals surface area contributed by atoms with Crippen molar-refractivity contribution >= 4 is 0 Å². The monoisotopic (exact) mass is 320 g/mol. The predicted octanol–water partition coefficient (Wildman–Crippen LogP) is 0.944. The highest BCUT2D eigenvalue weighted by molar-refractivity contribution is 4.89. The molecule has 6 nitrogen and oxygen atoms in total. The van der Waals surface area contributed by atoms with Crippen LogP contribution in [0.25, 0.3) is 0 Å². The van der Waals surface area contributed by atoms with Crippen molar-refractivity contribution in [3.05, 3.63) is 0 Å². The van der Waals surface area contributed by atoms with Gasteiger partial charge in [0, 0.05) is 6.61 Å². The quantitative estimate of drug-likeness (QED) is 0.423. The first-order valence-corrected chi connectivity index (χ1v) is 8.54. The van der Waals surface area contributed by atoms with E-state index in [0.717, 1.165) is 19.3 Å². The maximum absolute atomic E-state index is 9.96. The van der Waals surface area contributed by atoms with E-state index in [1.807, 2.05) is 0 Å². The molecule has 0 spiro atoms. The van der Waals surface area contributed by atoms with Crippen LogP contribution in [0.2, 0.25) is 0 Å². The maximum atomic E-state index is 9.96. The van der Waals surface area contributed by atoms with Crippen molar-refractivity contribution in [2.24, 2.45) is 0 Å². The van der Waals surface area contributed by atoms with Crippen LogP contribution in [0.5, 0.6) is 0 Å². The van der Waals surface area contributed by atoms with Gasteiger partial charge in [-0.1, -0.05) is 51.9 Å². The van der Waals surface area contributed by atoms with E-state index < -0.39 is 37.3 Å². The topological polar surface area (TPSA) is 99.4 Å². The van der Waals surface area contributed by atoms with Gasteiger partial charge in [0.1, 0.15) is 24.4 Å². The van der Waals surface area contributed by atoms with E-state index in [4.69, 9.17) is 14.6 Å². The van der Waals surface area contributed by atoms with E-state index >= 15 is 0 Å². The van der Waals surface area contributed by atoms with Crippen LogP contribution in [-0.4, -0.2) is 64.3 Å². The van der Waals surface area contributed by atoms with Gasteiger partial charge in [0.15, 0.2) is 6.29 Å². The number of unbranched alkanes of at least 4 members (excludes halogenated alkanes) is 7. The lowest BCUT2D eigenvalue weighted by molar-refractivity contribution is -0.294. The molecule has 0 aromatic carbocycles. The summed E-state index contributed by atoms with van der Waals surface area (Å²) in [5.41, 5.74) is 0. The first-order valence-electron chi connectivity index (χ1n) is 8.54. The van der Waals surface area contributed by atoms with Crippen LogP contribution in [-0.2, 0) is 9.47 Å². The molecule has 5 atom stereocenters. The van der Waals surface area contributed by atoms with Gasteiger partial charge in [0.05, 0.1) is 6.61 Å². The molecule has 0 bridgehead atoms. The van der Waals surface area contributed by atoms with E-state index in [2.05, 4.69) is 6.92 Å². The summed E-state index contributed by atoms with van der Waals surface area (Å²) in [6.07, 6.45) is 3.69. The molecule has 1 aliphatic rings. The van der Waals surface area contributed by atoms with Crippen molar-refractivity contribution < 1.29 is 29.9 Å². The molecule has 4 N–H and O–H groups in total. The molecule has 0 saturated carbocycles. The van der Waals surface area contributed by atoms with Gasteiger partial charge in [-0.15, -0.1) is 0 Å². The minimum Gasteiger partial charge on any atom is -0.394 e. The average Bonchev–Trinajstić information content (AvgIpc) is 2.52. The van der Waals surface area contributed by atoms with Crippen molar-refractivity contribution in [1.29, 1.82) is 0 Å². The first kappa shape index (κ1) is 19.8. The first-order chi connectivity index (χ1) is 10.6. The second-order valence-corrected chi connectivity index (χ2v) is 6.04. The third-order valence-corrected chi connectivity index (χ3v) is 4.15. The summed E-state index contributed by atoms with van der Waals surface area (Å²) in [5.74, 6) is 0. The highest BCUT2D eigenvalue weighted by Gasteiger charge is 2.44. The zero-order valence-electron chi connectivity index (χ0n) is 13.6. The van der Waals surface area contributed by atoms with Gasteiger partial charge >= 0.3 is 0 Å². The number of ether oxygens (including phenoxy) is 2. The van der Waals surface area contributed by atoms with Crippen LogP contribution in [0.3, 0.4) is 0 Å². The zero-order valence-corrected chi connectivity index (χ0v) is 13.6. The Labute approximate surface area is 133 Å². The molecule has 0 aliphatic carbocycles. The van der Waals surface area contributed by atoms with Crippen molar-refractivity contribution in [2.75, 3.05) is 13.2 Å². The standard InChI is InChI=1S/C16H32O6/c1-2-3-4-5-6-7-8-9-10-21-15-13(18)12(11-17)22-16(20)14(15)19/h12-20H,2-11H2,1H3/t12-,13+,14-,15+,16-/m1/s1. The lowest BCUT2D eigenvalue weighted by Gasteiger charge is -2.39. The Morgan fingerprint density at radius 1 is 0.864 bits per heavy atom. The zero-order chi connectivity index (χ0) is 16.4. The number of hydrogen-bond donors (Lipinski definition) is 4. The summed E-state index contributed by atoms with van der Waals surface area (Å²) >= 11 is 0. The van der Waals surface area contributed by atoms with Crippen LogP contribution in [0.15, 0.2) is 0 Å². The second kappa shape index (κ2) is 11.3. The highest BCUT2D eigenvalue weighted by atomic mass is 16.6. The minimum atomic E-state index is -1.44. The van der Waals surface area contributed by atoms with Crippen LogP contribution in [0, 0.1) is 0 Å². The molecule has 0 radical (unpaired) electrons. The van der Waals surface area contributed by atoms with Crippen molar-refractivity contribution in [2.45, 2.75) is 89.0 Å². The van der Waals surface area contributed by atoms with Gasteiger partial charge in [-0.25, -0.2) is 0 Å². The van der Waals surface area contributed by atoms with Gasteiger partial charge in [0.25, 0.3) is 0 Å². The lowest BCUT2D eigenvalue weighted by Crippen LogP contribution is -2.59. The Morgan fingerprint density at radius 2 is 1.45 bits per heavy atom. The fourth-order valence-corrected chi connectivity index (χ4v) is 2.72. The SMILES string of the molecule is CCCCCCCCCCO[C@@H]1[C@@H](O)[C@H](O)O[C@H](CO)[C@@H]1O. The third kappa shape index (κ3) is 6.48. The summed E-state index contributed by atoms with van der Waals surface area (Å²) in [5, 5.41) is 38.4. The molecular formula is C16H32O6. The molecule has 0 amide bonds. The van der Waals surface area contributed by atoms with Crippen molar-refractivity contribution in [3.8, 4) is 0 Å². The normalized spacial score (nSPS) is 32.3. The number of hydrogen-bond acceptors (Lipinski definition) is 6. The Hall–Kier alpha value is -0.240. The molecule has 22 heavy (non-hydrogen) atoms. The summed E-state index contributed by atoms with van der Waals surface area (Å²) in [6.45, 7) is 2.19. The van der Waals surface area contributed by atoms with E-state index in [1.54, 1.807) is 0 Å². The predicted molar refractivity (Wildman–Crippen MR) is 82.3 cm³/mol. The summed E-state index contributed by atoms with van der Waals surface area (Å²) in [7, 11) is 0. The van der Waals surface area contributed by atoms with Crippen LogP contribution in [0.1, 0.15) is 58.3 Å². The molecule has 1 fully saturated rings. The lowest BCUT2D eigenvalue weighted by atomic mass is 9.99. The van der Waals surface area contributed by atoms with Crippen molar-refractivity contribution in [1.82, 2.24) is 0 Å². The number of rotatable bonds is 11. The van der Waals surface area contributed by atoms with Gasteiger partial charge in [0.2, 0.25) is 0 Å². The largest absolute Gasteiger partial charge is 0.394 e. The van der Waals surface area contributed by atoms with Gasteiger partial charge < -0.3 is 29.9 Å². The molecule has 1 saturated heterocycles. The van der Waals surface area contributed by atoms with Crippen LogP contribution >= 0.6 is 0 Å². The van der Waals surface area contributed by atoms with E-state index in [-0.39, 0.29) is 0 Å². The van der Waals surface area contributed by atoms with Gasteiger partial charge in [-0.3, -0.25) is 0 Å². The number of aliphatic hydroxyl groups excluding tert-OH is 4. The minimum absolute atomic E-state index is 0.415. The van der Waals surface area contributed by atoms with Crippen LogP contribution in [0.4, 0.5) is 0 Å². The second-order valence-electron chi connectivity index (χ2n) is 6.04. The van der Waals surface area contributed by atoms with E-state index in [1.165, 1.54) is 32.1 Å². The molecule has 1 heterocycles. The molecular weight excluding hydrogens is 288 g/mol. The van der Waals surface area contributed by atoms with Gasteiger partial charge in [-0.05, 0) is 6.42 Å². The fourth-order valence-electron chi connectivity index (χ4n) is 2.72. The molecule has 1 rings (SSSR count). The highest BCUT2D eigenvalue weighted by Crippen LogP contribution is 2.22. The summed E-state index contributed by atoms with van der Waals surface area (Å²) in [6, 6.07) is 0. The molecule has 0 aromatic heterocycles. The smallest absolute Gasteiger partial charge is 0.184 e. The maximum Gasteiger partial charge on any atom is 0.184 e. The Kier molecular flexibility index (Phi) is 10.2. The Bertz CT molecular complexity index is 275. The molecule has 0 aromatic rings. The third-order valence-electron chi connectivity index (χ3n) is 4.15. The Morgan fingerprint density at radius 3 is 2.05 bits per heavy atom. The van der Waals surface area contributed by atoms with Crippen molar-refractivity contribution in [3.63, 3.8) is 0 Å². The summed E-state index contributed by atoms with van der Waals surface area (Å²) < 4.78 is 10.4. The molecule has 132 valence electrons. The van der Waals surface area contributed by atoms with E-state index in [9.17, 15) is 15.3 Å². The van der Waals surface area contributed by atoms with Crippen LogP contribution < -0.4 is 0 Å². The fraction of sp³-hybridized carbons (Fsp3) is 1.00. The molecule has 1 aliphatic heterocycles. The molecule has 0 unspecified atom stereocenters. The number of aliphatic hydroxyl groups is 4. The average molecular weight is 320 g/mol.